The Bertz CT molecular complexity index is 1160. The highest BCUT2D eigenvalue weighted by molar-refractivity contribution is 5.93. The van der Waals surface area contributed by atoms with Gasteiger partial charge < -0.3 is 9.84 Å². The molecule has 0 aliphatic heterocycles. The van der Waals surface area contributed by atoms with Crippen LogP contribution in [0.3, 0.4) is 0 Å². The quantitative estimate of drug-likeness (QED) is 0.520. The molecule has 3 nitrogen and oxygen atoms in total. The number of rotatable bonds is 4. The van der Waals surface area contributed by atoms with Crippen LogP contribution in [0.2, 0.25) is 0 Å². The maximum absolute atomic E-state index is 11.4. The first-order valence-electron chi connectivity index (χ1n) is 11.5. The Kier molecular flexibility index (Phi) is 4.18. The largest absolute Gasteiger partial charge is 0.496 e. The number of methoxy groups -OCH3 is 1. The molecule has 3 aromatic rings. The summed E-state index contributed by atoms with van der Waals surface area (Å²) >= 11 is 0. The lowest BCUT2D eigenvalue weighted by Gasteiger charge is -2.57. The Balaban J connectivity index is 1.40. The van der Waals surface area contributed by atoms with Crippen molar-refractivity contribution < 1.29 is 14.6 Å². The van der Waals surface area contributed by atoms with Crippen LogP contribution in [0.5, 0.6) is 5.75 Å². The number of carbonyl (C=O) groups is 1. The zero-order valence-electron chi connectivity index (χ0n) is 17.9. The summed E-state index contributed by atoms with van der Waals surface area (Å²) in [4.78, 5) is 11.4. The zero-order chi connectivity index (χ0) is 21.2. The highest BCUT2D eigenvalue weighted by Crippen LogP contribution is 2.60. The van der Waals surface area contributed by atoms with E-state index in [1.165, 1.54) is 62.0 Å². The van der Waals surface area contributed by atoms with E-state index in [1.54, 1.807) is 6.07 Å². The molecule has 0 unspecified atom stereocenters. The maximum atomic E-state index is 11.4. The standard InChI is InChI=1S/C28H28O3/c1-31-26-13-22(5-7-25(26)27(29)30)21-3-2-20-4-6-24(12-23(20)11-21)28-14-17-8-18(15-28)10-19(9-17)16-28/h2-7,11-13,17-19H,8-10,14-16H2,1H3,(H,29,30). The monoisotopic (exact) mass is 412 g/mol. The molecule has 4 aliphatic rings. The number of hydrogen-bond acceptors (Lipinski definition) is 2. The maximum Gasteiger partial charge on any atom is 0.339 e. The van der Waals surface area contributed by atoms with E-state index in [1.807, 2.05) is 12.1 Å². The van der Waals surface area contributed by atoms with Gasteiger partial charge in [-0.1, -0.05) is 36.4 Å². The number of carboxylic acids is 1. The SMILES string of the molecule is COc1cc(-c2ccc3ccc(C45CC6CC(CC(C6)C4)C5)cc3c2)ccc1C(=O)O. The van der Waals surface area contributed by atoms with Crippen molar-refractivity contribution in [2.24, 2.45) is 17.8 Å². The first kappa shape index (κ1) is 18.9. The van der Waals surface area contributed by atoms with Gasteiger partial charge in [0, 0.05) is 0 Å². The van der Waals surface area contributed by atoms with Gasteiger partial charge in [-0.15, -0.1) is 0 Å². The fraction of sp³-hybridized carbons (Fsp3) is 0.393. The summed E-state index contributed by atoms with van der Waals surface area (Å²) in [5, 5.41) is 11.9. The molecule has 1 N–H and O–H groups in total. The van der Waals surface area contributed by atoms with Gasteiger partial charge >= 0.3 is 5.97 Å². The molecule has 0 spiro atoms. The third kappa shape index (κ3) is 3.05. The van der Waals surface area contributed by atoms with Gasteiger partial charge in [-0.2, -0.15) is 0 Å². The van der Waals surface area contributed by atoms with Gasteiger partial charge in [0.25, 0.3) is 0 Å². The van der Waals surface area contributed by atoms with E-state index < -0.39 is 5.97 Å². The predicted molar refractivity (Wildman–Crippen MR) is 123 cm³/mol. The molecule has 0 aromatic heterocycles. The smallest absolute Gasteiger partial charge is 0.339 e. The fourth-order valence-corrected chi connectivity index (χ4v) is 7.27. The van der Waals surface area contributed by atoms with Gasteiger partial charge in [0.15, 0.2) is 0 Å². The summed E-state index contributed by atoms with van der Waals surface area (Å²) in [6.45, 7) is 0. The molecule has 7 rings (SSSR count). The molecule has 4 aliphatic carbocycles. The summed E-state index contributed by atoms with van der Waals surface area (Å²) in [5.74, 6) is 2.24. The molecule has 0 atom stereocenters. The molecule has 4 fully saturated rings. The highest BCUT2D eigenvalue weighted by Gasteiger charge is 2.51. The Labute approximate surface area is 183 Å². The van der Waals surface area contributed by atoms with Crippen LogP contribution in [0.15, 0.2) is 54.6 Å². The minimum atomic E-state index is -0.970. The third-order valence-electron chi connectivity index (χ3n) is 8.26. The van der Waals surface area contributed by atoms with Gasteiger partial charge in [0.1, 0.15) is 11.3 Å². The van der Waals surface area contributed by atoms with Crippen LogP contribution in [-0.2, 0) is 5.41 Å². The highest BCUT2D eigenvalue weighted by atomic mass is 16.5. The summed E-state index contributed by atoms with van der Waals surface area (Å²) in [7, 11) is 1.52. The topological polar surface area (TPSA) is 46.5 Å². The van der Waals surface area contributed by atoms with Crippen LogP contribution in [0, 0.1) is 17.8 Å². The van der Waals surface area contributed by atoms with E-state index in [0.29, 0.717) is 11.2 Å². The fourth-order valence-electron chi connectivity index (χ4n) is 7.27. The normalized spacial score (nSPS) is 28.7. The average Bonchev–Trinajstić information content (AvgIpc) is 2.77. The number of hydrogen-bond donors (Lipinski definition) is 1. The van der Waals surface area contributed by atoms with Crippen LogP contribution in [0.1, 0.15) is 54.4 Å². The molecule has 3 aromatic carbocycles. The summed E-state index contributed by atoms with van der Waals surface area (Å²) < 4.78 is 5.33. The lowest BCUT2D eigenvalue weighted by atomic mass is 9.48. The Morgan fingerprint density at radius 1 is 0.839 bits per heavy atom. The van der Waals surface area contributed by atoms with Crippen LogP contribution in [0.25, 0.3) is 21.9 Å². The number of benzene rings is 3. The first-order valence-corrected chi connectivity index (χ1v) is 11.5. The molecule has 31 heavy (non-hydrogen) atoms. The van der Waals surface area contributed by atoms with E-state index in [2.05, 4.69) is 36.4 Å². The van der Waals surface area contributed by atoms with Crippen molar-refractivity contribution in [3.8, 4) is 16.9 Å². The van der Waals surface area contributed by atoms with E-state index in [4.69, 9.17) is 4.74 Å². The van der Waals surface area contributed by atoms with Crippen LogP contribution in [-0.4, -0.2) is 18.2 Å². The molecule has 4 saturated carbocycles. The predicted octanol–water partition coefficient (Wildman–Crippen LogP) is 6.68. The van der Waals surface area contributed by atoms with Crippen molar-refractivity contribution in [2.45, 2.75) is 43.9 Å². The van der Waals surface area contributed by atoms with Crippen molar-refractivity contribution >= 4 is 16.7 Å². The van der Waals surface area contributed by atoms with Crippen LogP contribution >= 0.6 is 0 Å². The van der Waals surface area contributed by atoms with Gasteiger partial charge in [-0.25, -0.2) is 4.79 Å². The van der Waals surface area contributed by atoms with E-state index >= 15 is 0 Å². The average molecular weight is 413 g/mol. The van der Waals surface area contributed by atoms with E-state index in [0.717, 1.165) is 28.9 Å². The Hall–Kier alpha value is -2.81. The lowest BCUT2D eigenvalue weighted by Crippen LogP contribution is -2.48. The number of carboxylic acid groups (broad SMARTS) is 1. The van der Waals surface area contributed by atoms with Crippen molar-refractivity contribution in [3.05, 3.63) is 65.7 Å². The lowest BCUT2D eigenvalue weighted by molar-refractivity contribution is -0.00513. The summed E-state index contributed by atoms with van der Waals surface area (Å²) in [5.41, 5.74) is 4.19. The van der Waals surface area contributed by atoms with Crippen LogP contribution < -0.4 is 4.74 Å². The second-order valence-corrected chi connectivity index (χ2v) is 10.2. The minimum absolute atomic E-state index is 0.191. The molecule has 158 valence electrons. The molecule has 0 saturated heterocycles. The van der Waals surface area contributed by atoms with Gasteiger partial charge in [-0.3, -0.25) is 0 Å². The second-order valence-electron chi connectivity index (χ2n) is 10.2. The van der Waals surface area contributed by atoms with Gasteiger partial charge in [-0.05, 0) is 107 Å². The molecule has 4 bridgehead atoms. The minimum Gasteiger partial charge on any atom is -0.496 e. The second kappa shape index (κ2) is 6.85. The number of ether oxygens (including phenoxy) is 1. The van der Waals surface area contributed by atoms with E-state index in [-0.39, 0.29) is 5.56 Å². The number of fused-ring (bicyclic) bond motifs is 1. The number of aromatic carboxylic acids is 1. The van der Waals surface area contributed by atoms with Crippen molar-refractivity contribution in [1.29, 1.82) is 0 Å². The molecule has 0 heterocycles. The Morgan fingerprint density at radius 3 is 2.10 bits per heavy atom. The van der Waals surface area contributed by atoms with Gasteiger partial charge in [0.05, 0.1) is 7.11 Å². The zero-order valence-corrected chi connectivity index (χ0v) is 17.9. The summed E-state index contributed by atoms with van der Waals surface area (Å²) in [6, 6.07) is 19.0. The first-order chi connectivity index (χ1) is 15.0. The van der Waals surface area contributed by atoms with Crippen molar-refractivity contribution in [3.63, 3.8) is 0 Å². The Morgan fingerprint density at radius 2 is 1.45 bits per heavy atom. The molecule has 3 heteroatoms. The van der Waals surface area contributed by atoms with Crippen LogP contribution in [0.4, 0.5) is 0 Å². The summed E-state index contributed by atoms with van der Waals surface area (Å²) in [6.07, 6.45) is 8.51. The molecular weight excluding hydrogens is 384 g/mol. The molecule has 0 radical (unpaired) electrons. The van der Waals surface area contributed by atoms with Crippen molar-refractivity contribution in [1.82, 2.24) is 0 Å². The molecule has 0 amide bonds. The molecular formula is C28H28O3. The third-order valence-corrected chi connectivity index (χ3v) is 8.26. The van der Waals surface area contributed by atoms with Gasteiger partial charge in [0.2, 0.25) is 0 Å². The van der Waals surface area contributed by atoms with Crippen molar-refractivity contribution in [2.75, 3.05) is 7.11 Å². The van der Waals surface area contributed by atoms with E-state index in [9.17, 15) is 9.90 Å².